The third-order valence-electron chi connectivity index (χ3n) is 3.01. The van der Waals surface area contributed by atoms with Gasteiger partial charge in [0.15, 0.2) is 5.43 Å². The molecule has 2 aromatic carbocycles. The topological polar surface area (TPSA) is 76.0 Å². The van der Waals surface area contributed by atoms with Crippen LogP contribution in [0.15, 0.2) is 39.6 Å². The number of H-pyrrole nitrogens is 1. The molecule has 0 unspecified atom stereocenters. The fraction of sp³-hybridized carbons (Fsp3) is 0. The van der Waals surface area contributed by atoms with Crippen LogP contribution in [0.1, 0.15) is 0 Å². The molecule has 3 rings (SSSR count). The van der Waals surface area contributed by atoms with Crippen molar-refractivity contribution < 1.29 is 9.31 Å². The largest absolute Gasteiger partial charge is 0.349 e. The molecule has 0 bridgehead atoms. The lowest BCUT2D eigenvalue weighted by atomic mass is 10.1. The van der Waals surface area contributed by atoms with E-state index >= 15 is 0 Å². The Hall–Kier alpha value is -2.28. The van der Waals surface area contributed by atoms with Crippen molar-refractivity contribution in [1.29, 1.82) is 0 Å². The quantitative estimate of drug-likeness (QED) is 0.420. The number of aromatic amines is 1. The number of nitrogens with one attached hydrogen (secondary N) is 1. The molecular formula is C13H6BrFN2O3. The number of nitro groups is 1. The molecule has 0 aliphatic heterocycles. The van der Waals surface area contributed by atoms with E-state index in [0.29, 0.717) is 15.4 Å². The van der Waals surface area contributed by atoms with Gasteiger partial charge < -0.3 is 4.98 Å². The summed E-state index contributed by atoms with van der Waals surface area (Å²) in [5.41, 5.74) is -0.420. The SMILES string of the molecule is O=c1c2cc(Br)ccc2[nH]c2c([N+](=O)[O-])cc(F)cc12. The van der Waals surface area contributed by atoms with E-state index in [1.54, 1.807) is 18.2 Å². The Morgan fingerprint density at radius 1 is 1.20 bits per heavy atom. The minimum atomic E-state index is -0.816. The maximum atomic E-state index is 13.5. The van der Waals surface area contributed by atoms with E-state index in [4.69, 9.17) is 0 Å². The van der Waals surface area contributed by atoms with Crippen molar-refractivity contribution in [2.75, 3.05) is 0 Å². The van der Waals surface area contributed by atoms with Gasteiger partial charge in [0, 0.05) is 15.4 Å². The number of nitro benzene ring substituents is 1. The lowest BCUT2D eigenvalue weighted by molar-refractivity contribution is -0.383. The molecule has 0 fully saturated rings. The molecule has 0 aliphatic carbocycles. The average molecular weight is 337 g/mol. The Morgan fingerprint density at radius 3 is 2.65 bits per heavy atom. The third kappa shape index (κ3) is 1.87. The van der Waals surface area contributed by atoms with E-state index in [9.17, 15) is 19.3 Å². The molecule has 0 radical (unpaired) electrons. The minimum absolute atomic E-state index is 0.0243. The summed E-state index contributed by atoms with van der Waals surface area (Å²) in [6.45, 7) is 0. The summed E-state index contributed by atoms with van der Waals surface area (Å²) in [6, 6.07) is 6.72. The number of hydrogen-bond donors (Lipinski definition) is 1. The molecule has 0 aliphatic rings. The second-order valence-corrected chi connectivity index (χ2v) is 5.16. The van der Waals surface area contributed by atoms with Crippen molar-refractivity contribution in [3.05, 3.63) is 61.0 Å². The number of benzene rings is 2. The van der Waals surface area contributed by atoms with Crippen LogP contribution in [0, 0.1) is 15.9 Å². The van der Waals surface area contributed by atoms with Gasteiger partial charge in [0.25, 0.3) is 5.69 Å². The van der Waals surface area contributed by atoms with Crippen molar-refractivity contribution in [1.82, 2.24) is 4.98 Å². The second kappa shape index (κ2) is 4.38. The van der Waals surface area contributed by atoms with E-state index in [2.05, 4.69) is 20.9 Å². The van der Waals surface area contributed by atoms with Gasteiger partial charge in [-0.1, -0.05) is 15.9 Å². The second-order valence-electron chi connectivity index (χ2n) is 4.25. The molecule has 0 saturated heterocycles. The number of aromatic nitrogens is 1. The number of rotatable bonds is 1. The van der Waals surface area contributed by atoms with Crippen LogP contribution in [0.2, 0.25) is 0 Å². The molecule has 100 valence electrons. The van der Waals surface area contributed by atoms with Gasteiger partial charge in [0.1, 0.15) is 11.3 Å². The summed E-state index contributed by atoms with van der Waals surface area (Å²) in [5.74, 6) is -0.816. The first-order chi connectivity index (χ1) is 9.47. The normalized spacial score (nSPS) is 11.1. The van der Waals surface area contributed by atoms with Crippen LogP contribution in [0.25, 0.3) is 21.8 Å². The zero-order chi connectivity index (χ0) is 14.4. The number of fused-ring (bicyclic) bond motifs is 2. The van der Waals surface area contributed by atoms with E-state index in [0.717, 1.165) is 12.1 Å². The Bertz CT molecular complexity index is 936. The van der Waals surface area contributed by atoms with Gasteiger partial charge in [-0.2, -0.15) is 0 Å². The van der Waals surface area contributed by atoms with Gasteiger partial charge >= 0.3 is 0 Å². The number of hydrogen-bond acceptors (Lipinski definition) is 3. The van der Waals surface area contributed by atoms with Gasteiger partial charge in [-0.05, 0) is 24.3 Å². The molecule has 3 aromatic rings. The summed E-state index contributed by atoms with van der Waals surface area (Å²) < 4.78 is 14.1. The number of pyridine rings is 1. The Morgan fingerprint density at radius 2 is 1.95 bits per heavy atom. The maximum Gasteiger partial charge on any atom is 0.296 e. The van der Waals surface area contributed by atoms with E-state index in [-0.39, 0.29) is 10.9 Å². The van der Waals surface area contributed by atoms with Gasteiger partial charge in [0.2, 0.25) is 0 Å². The molecule has 0 saturated carbocycles. The fourth-order valence-electron chi connectivity index (χ4n) is 2.14. The molecule has 20 heavy (non-hydrogen) atoms. The molecular weight excluding hydrogens is 331 g/mol. The molecule has 1 heterocycles. The average Bonchev–Trinajstić information content (AvgIpc) is 2.40. The molecule has 0 atom stereocenters. The van der Waals surface area contributed by atoms with Crippen LogP contribution >= 0.6 is 15.9 Å². The lowest BCUT2D eigenvalue weighted by Crippen LogP contribution is -2.06. The highest BCUT2D eigenvalue weighted by Gasteiger charge is 2.18. The van der Waals surface area contributed by atoms with Crippen molar-refractivity contribution in [2.24, 2.45) is 0 Å². The lowest BCUT2D eigenvalue weighted by Gasteiger charge is -2.04. The van der Waals surface area contributed by atoms with Crippen LogP contribution in [-0.2, 0) is 0 Å². The Balaban J connectivity index is 2.59. The summed E-state index contributed by atoms with van der Waals surface area (Å²) in [5, 5.41) is 11.3. The number of halogens is 2. The maximum absolute atomic E-state index is 13.5. The van der Waals surface area contributed by atoms with Crippen molar-refractivity contribution in [2.45, 2.75) is 0 Å². The van der Waals surface area contributed by atoms with Crippen LogP contribution in [0.4, 0.5) is 10.1 Å². The zero-order valence-electron chi connectivity index (χ0n) is 9.81. The van der Waals surface area contributed by atoms with Crippen molar-refractivity contribution in [3.8, 4) is 0 Å². The summed E-state index contributed by atoms with van der Waals surface area (Å²) in [4.78, 5) is 25.4. The molecule has 5 nitrogen and oxygen atoms in total. The Kier molecular flexibility index (Phi) is 2.79. The van der Waals surface area contributed by atoms with Gasteiger partial charge in [0.05, 0.1) is 16.4 Å². The standard InChI is InChI=1S/C13H6BrFN2O3/c14-6-1-2-10-8(3-6)13(18)9-4-7(15)5-11(17(19)20)12(9)16-10/h1-5H,(H,16,18). The highest BCUT2D eigenvalue weighted by Crippen LogP contribution is 2.26. The molecule has 0 amide bonds. The first-order valence-corrected chi connectivity index (χ1v) is 6.36. The predicted octanol–water partition coefficient (Wildman–Crippen LogP) is 3.49. The molecule has 1 N–H and O–H groups in total. The third-order valence-corrected chi connectivity index (χ3v) is 3.50. The van der Waals surface area contributed by atoms with Crippen LogP contribution < -0.4 is 5.43 Å². The van der Waals surface area contributed by atoms with Crippen molar-refractivity contribution >= 4 is 43.4 Å². The highest BCUT2D eigenvalue weighted by atomic mass is 79.9. The van der Waals surface area contributed by atoms with Crippen molar-refractivity contribution in [3.63, 3.8) is 0 Å². The van der Waals surface area contributed by atoms with Crippen LogP contribution in [-0.4, -0.2) is 9.91 Å². The summed E-state index contributed by atoms with van der Waals surface area (Å²) >= 11 is 3.25. The Labute approximate surface area is 119 Å². The molecule has 7 heteroatoms. The first kappa shape index (κ1) is 12.7. The molecule has 0 spiro atoms. The minimum Gasteiger partial charge on any atom is -0.349 e. The molecule has 1 aromatic heterocycles. The van der Waals surface area contributed by atoms with E-state index in [1.807, 2.05) is 0 Å². The smallest absolute Gasteiger partial charge is 0.296 e. The van der Waals surface area contributed by atoms with Gasteiger partial charge in [-0.25, -0.2) is 4.39 Å². The number of nitrogens with zero attached hydrogens (tertiary/aromatic N) is 1. The highest BCUT2D eigenvalue weighted by molar-refractivity contribution is 9.10. The van der Waals surface area contributed by atoms with E-state index < -0.39 is 21.9 Å². The summed E-state index contributed by atoms with van der Waals surface area (Å²) in [7, 11) is 0. The number of non-ortho nitro benzene ring substituents is 1. The predicted molar refractivity (Wildman–Crippen MR) is 76.4 cm³/mol. The zero-order valence-corrected chi connectivity index (χ0v) is 11.4. The monoisotopic (exact) mass is 336 g/mol. The van der Waals surface area contributed by atoms with Gasteiger partial charge in [-0.3, -0.25) is 14.9 Å². The fourth-order valence-corrected chi connectivity index (χ4v) is 2.50. The van der Waals surface area contributed by atoms with Gasteiger partial charge in [-0.15, -0.1) is 0 Å². The van der Waals surface area contributed by atoms with E-state index in [1.165, 1.54) is 0 Å². The van der Waals surface area contributed by atoms with Crippen LogP contribution in [0.5, 0.6) is 0 Å². The first-order valence-electron chi connectivity index (χ1n) is 5.56. The summed E-state index contributed by atoms with van der Waals surface area (Å²) in [6.07, 6.45) is 0. The van der Waals surface area contributed by atoms with Crippen LogP contribution in [0.3, 0.4) is 0 Å².